The van der Waals surface area contributed by atoms with Gasteiger partial charge in [0.1, 0.15) is 5.69 Å². The van der Waals surface area contributed by atoms with Crippen molar-refractivity contribution in [2.45, 2.75) is 6.92 Å². The van der Waals surface area contributed by atoms with Gasteiger partial charge in [-0.3, -0.25) is 4.79 Å². The molecule has 5 nitrogen and oxygen atoms in total. The van der Waals surface area contributed by atoms with Crippen LogP contribution in [0.5, 0.6) is 0 Å². The summed E-state index contributed by atoms with van der Waals surface area (Å²) in [5.74, 6) is -0.272. The molecular formula is C24H19BrN4O. The lowest BCUT2D eigenvalue weighted by molar-refractivity contribution is 0.0955. The first-order chi connectivity index (χ1) is 14.6. The van der Waals surface area contributed by atoms with Gasteiger partial charge in [-0.25, -0.2) is 10.1 Å². The van der Waals surface area contributed by atoms with E-state index in [1.54, 1.807) is 18.3 Å². The molecule has 1 heterocycles. The van der Waals surface area contributed by atoms with Crippen molar-refractivity contribution < 1.29 is 4.79 Å². The van der Waals surface area contributed by atoms with Gasteiger partial charge in [-0.05, 0) is 43.3 Å². The number of aromatic nitrogens is 2. The molecule has 0 radical (unpaired) electrons. The molecule has 0 aliphatic rings. The number of carbonyl (C=O) groups excluding carboxylic acids is 1. The highest BCUT2D eigenvalue weighted by Gasteiger charge is 2.11. The van der Waals surface area contributed by atoms with Crippen molar-refractivity contribution in [3.63, 3.8) is 0 Å². The maximum Gasteiger partial charge on any atom is 0.271 e. The predicted molar refractivity (Wildman–Crippen MR) is 123 cm³/mol. The molecule has 0 aliphatic heterocycles. The molecule has 0 aliphatic carbocycles. The minimum absolute atomic E-state index is 0.272. The molecule has 4 rings (SSSR count). The van der Waals surface area contributed by atoms with Gasteiger partial charge in [0, 0.05) is 27.4 Å². The SMILES string of the molecule is Cc1ccc(-c2nn(-c3ccccc3)cc2C=NNC(=O)c2ccc(Br)cc2)cc1. The summed E-state index contributed by atoms with van der Waals surface area (Å²) in [5, 5.41) is 8.91. The normalized spacial score (nSPS) is 11.0. The van der Waals surface area contributed by atoms with Crippen LogP contribution in [-0.2, 0) is 0 Å². The number of nitrogens with zero attached hydrogens (tertiary/aromatic N) is 3. The standard InChI is InChI=1S/C24H19BrN4O/c1-17-7-9-18(10-8-17)23-20(16-29(28-23)22-5-3-2-4-6-22)15-26-27-24(30)19-11-13-21(25)14-12-19/h2-16H,1H3,(H,27,30). The Hall–Kier alpha value is -3.51. The van der Waals surface area contributed by atoms with E-state index in [0.29, 0.717) is 5.56 Å². The summed E-state index contributed by atoms with van der Waals surface area (Å²) in [7, 11) is 0. The molecule has 0 saturated carbocycles. The van der Waals surface area contributed by atoms with Gasteiger partial charge < -0.3 is 0 Å². The van der Waals surface area contributed by atoms with Crippen LogP contribution in [0.4, 0.5) is 0 Å². The van der Waals surface area contributed by atoms with Gasteiger partial charge in [0.15, 0.2) is 0 Å². The fraction of sp³-hybridized carbons (Fsp3) is 0.0417. The molecule has 1 amide bonds. The summed E-state index contributed by atoms with van der Waals surface area (Å²) < 4.78 is 2.73. The molecule has 1 N–H and O–H groups in total. The molecule has 1 aromatic heterocycles. The Morgan fingerprint density at radius 3 is 2.40 bits per heavy atom. The Kier molecular flexibility index (Phi) is 5.86. The van der Waals surface area contributed by atoms with Crippen LogP contribution in [0.3, 0.4) is 0 Å². The number of hydrogen-bond donors (Lipinski definition) is 1. The fourth-order valence-electron chi connectivity index (χ4n) is 2.96. The van der Waals surface area contributed by atoms with E-state index in [9.17, 15) is 4.79 Å². The van der Waals surface area contributed by atoms with Crippen LogP contribution in [0.15, 0.2) is 94.6 Å². The maximum atomic E-state index is 12.3. The summed E-state index contributed by atoms with van der Waals surface area (Å²) in [4.78, 5) is 12.3. The van der Waals surface area contributed by atoms with Crippen molar-refractivity contribution in [2.24, 2.45) is 5.10 Å². The zero-order valence-corrected chi connectivity index (χ0v) is 17.9. The van der Waals surface area contributed by atoms with Crippen molar-refractivity contribution in [1.29, 1.82) is 0 Å². The maximum absolute atomic E-state index is 12.3. The lowest BCUT2D eigenvalue weighted by atomic mass is 10.1. The summed E-state index contributed by atoms with van der Waals surface area (Å²) in [6, 6.07) is 25.1. The predicted octanol–water partition coefficient (Wildman–Crippen LogP) is 5.37. The lowest BCUT2D eigenvalue weighted by Gasteiger charge is -2.01. The summed E-state index contributed by atoms with van der Waals surface area (Å²) in [6.45, 7) is 2.05. The van der Waals surface area contributed by atoms with E-state index in [1.165, 1.54) is 5.56 Å². The number of hydrogen-bond acceptors (Lipinski definition) is 3. The van der Waals surface area contributed by atoms with E-state index >= 15 is 0 Å². The minimum Gasteiger partial charge on any atom is -0.267 e. The number of benzene rings is 3. The van der Waals surface area contributed by atoms with Gasteiger partial charge in [0.2, 0.25) is 0 Å². The van der Waals surface area contributed by atoms with Crippen LogP contribution in [0.1, 0.15) is 21.5 Å². The van der Waals surface area contributed by atoms with Gasteiger partial charge in [0.25, 0.3) is 5.91 Å². The third-order valence-corrected chi connectivity index (χ3v) is 5.09. The van der Waals surface area contributed by atoms with Crippen molar-refractivity contribution in [3.8, 4) is 16.9 Å². The Morgan fingerprint density at radius 2 is 1.70 bits per heavy atom. The number of rotatable bonds is 5. The van der Waals surface area contributed by atoms with Crippen LogP contribution in [-0.4, -0.2) is 21.9 Å². The Morgan fingerprint density at radius 1 is 1.00 bits per heavy atom. The van der Waals surface area contributed by atoms with Crippen molar-refractivity contribution in [1.82, 2.24) is 15.2 Å². The monoisotopic (exact) mass is 458 g/mol. The topological polar surface area (TPSA) is 59.3 Å². The van der Waals surface area contributed by atoms with E-state index < -0.39 is 0 Å². The molecule has 0 bridgehead atoms. The van der Waals surface area contributed by atoms with Crippen molar-refractivity contribution >= 4 is 28.1 Å². The molecule has 0 unspecified atom stereocenters. The summed E-state index contributed by atoms with van der Waals surface area (Å²) in [6.07, 6.45) is 3.53. The highest BCUT2D eigenvalue weighted by Crippen LogP contribution is 2.23. The molecule has 30 heavy (non-hydrogen) atoms. The van der Waals surface area contributed by atoms with E-state index in [-0.39, 0.29) is 5.91 Å². The van der Waals surface area contributed by atoms with E-state index in [2.05, 4.69) is 26.5 Å². The second-order valence-corrected chi connectivity index (χ2v) is 7.70. The average Bonchev–Trinajstić information content (AvgIpc) is 3.19. The first kappa shape index (κ1) is 19.8. The van der Waals surface area contributed by atoms with Gasteiger partial charge >= 0.3 is 0 Å². The van der Waals surface area contributed by atoms with Crippen LogP contribution in [0, 0.1) is 6.92 Å². The Labute approximate surface area is 183 Å². The zero-order chi connectivity index (χ0) is 20.9. The van der Waals surface area contributed by atoms with Crippen LogP contribution >= 0.6 is 15.9 Å². The first-order valence-corrected chi connectivity index (χ1v) is 10.2. The van der Waals surface area contributed by atoms with E-state index in [1.807, 2.05) is 84.5 Å². The van der Waals surface area contributed by atoms with Gasteiger partial charge in [0.05, 0.1) is 11.9 Å². The number of amides is 1. The molecule has 3 aromatic carbocycles. The van der Waals surface area contributed by atoms with Gasteiger partial charge in [-0.1, -0.05) is 64.0 Å². The zero-order valence-electron chi connectivity index (χ0n) is 16.3. The van der Waals surface area contributed by atoms with Gasteiger partial charge in [-0.2, -0.15) is 10.2 Å². The second-order valence-electron chi connectivity index (χ2n) is 6.79. The number of hydrazone groups is 1. The molecular weight excluding hydrogens is 440 g/mol. The lowest BCUT2D eigenvalue weighted by Crippen LogP contribution is -2.17. The molecule has 6 heteroatoms. The molecule has 0 fully saturated rings. The largest absolute Gasteiger partial charge is 0.271 e. The number of para-hydroxylation sites is 1. The third kappa shape index (κ3) is 4.55. The molecule has 0 saturated heterocycles. The molecule has 0 spiro atoms. The van der Waals surface area contributed by atoms with Crippen LogP contribution in [0.25, 0.3) is 16.9 Å². The smallest absolute Gasteiger partial charge is 0.267 e. The number of aryl methyl sites for hydroxylation is 1. The highest BCUT2D eigenvalue weighted by molar-refractivity contribution is 9.10. The van der Waals surface area contributed by atoms with E-state index in [4.69, 9.17) is 5.10 Å². The van der Waals surface area contributed by atoms with Crippen molar-refractivity contribution in [3.05, 3.63) is 106 Å². The first-order valence-electron chi connectivity index (χ1n) is 9.41. The average molecular weight is 459 g/mol. The van der Waals surface area contributed by atoms with Crippen LogP contribution < -0.4 is 5.43 Å². The highest BCUT2D eigenvalue weighted by atomic mass is 79.9. The van der Waals surface area contributed by atoms with Gasteiger partial charge in [-0.15, -0.1) is 0 Å². The third-order valence-electron chi connectivity index (χ3n) is 4.56. The minimum atomic E-state index is -0.272. The van der Waals surface area contributed by atoms with Crippen molar-refractivity contribution in [2.75, 3.05) is 0 Å². The van der Waals surface area contributed by atoms with Crippen LogP contribution in [0.2, 0.25) is 0 Å². The number of nitrogens with one attached hydrogen (secondary N) is 1. The molecule has 4 aromatic rings. The molecule has 148 valence electrons. The second kappa shape index (κ2) is 8.88. The molecule has 0 atom stereocenters. The Balaban J connectivity index is 1.63. The quantitative estimate of drug-likeness (QED) is 0.322. The summed E-state index contributed by atoms with van der Waals surface area (Å²) >= 11 is 3.36. The summed E-state index contributed by atoms with van der Waals surface area (Å²) in [5.41, 5.74) is 7.82. The van der Waals surface area contributed by atoms with E-state index in [0.717, 1.165) is 27.0 Å². The number of carbonyl (C=O) groups is 1. The fourth-order valence-corrected chi connectivity index (χ4v) is 3.22. The number of halogens is 1. The Bertz CT molecular complexity index is 1180.